The van der Waals surface area contributed by atoms with Gasteiger partial charge in [0.15, 0.2) is 0 Å². The number of aryl methyl sites for hydroxylation is 1. The third-order valence-corrected chi connectivity index (χ3v) is 8.27. The quantitative estimate of drug-likeness (QED) is 0.169. The number of carboxylic acids is 1. The summed E-state index contributed by atoms with van der Waals surface area (Å²) in [6.45, 7) is 8.86. The molecule has 42 heavy (non-hydrogen) atoms. The zero-order valence-corrected chi connectivity index (χ0v) is 25.5. The van der Waals surface area contributed by atoms with Crippen LogP contribution in [0.3, 0.4) is 0 Å². The SMILES string of the molecule is COC(=O)CCCCN(CCc1ccccc1OCc1ccc(C(C)(C)C)cc1)C1CCCc2cc(C(=O)O)ccc21. The highest BCUT2D eigenvalue weighted by atomic mass is 16.5. The lowest BCUT2D eigenvalue weighted by Crippen LogP contribution is -2.34. The number of ether oxygens (including phenoxy) is 2. The molecular formula is C36H45NO5. The highest BCUT2D eigenvalue weighted by Gasteiger charge is 2.27. The molecule has 0 aromatic heterocycles. The van der Waals surface area contributed by atoms with Gasteiger partial charge in [-0.2, -0.15) is 0 Å². The molecule has 3 aromatic carbocycles. The van der Waals surface area contributed by atoms with Crippen LogP contribution in [0.15, 0.2) is 66.7 Å². The second-order valence-electron chi connectivity index (χ2n) is 12.3. The Hall–Kier alpha value is -3.64. The molecular weight excluding hydrogens is 526 g/mol. The smallest absolute Gasteiger partial charge is 0.335 e. The summed E-state index contributed by atoms with van der Waals surface area (Å²) >= 11 is 0. The Kier molecular flexibility index (Phi) is 10.8. The number of aromatic carboxylic acids is 1. The maximum atomic E-state index is 11.7. The van der Waals surface area contributed by atoms with Gasteiger partial charge in [-0.15, -0.1) is 0 Å². The second kappa shape index (κ2) is 14.5. The molecule has 0 fully saturated rings. The largest absolute Gasteiger partial charge is 0.489 e. The third-order valence-electron chi connectivity index (χ3n) is 8.27. The molecule has 6 nitrogen and oxygen atoms in total. The Morgan fingerprint density at radius 3 is 2.45 bits per heavy atom. The highest BCUT2D eigenvalue weighted by molar-refractivity contribution is 5.88. The lowest BCUT2D eigenvalue weighted by molar-refractivity contribution is -0.140. The molecule has 0 spiro atoms. The molecule has 3 aromatic rings. The van der Waals surface area contributed by atoms with Crippen molar-refractivity contribution in [1.29, 1.82) is 0 Å². The first kappa shape index (κ1) is 31.3. The molecule has 1 aliphatic carbocycles. The molecule has 0 saturated carbocycles. The van der Waals surface area contributed by atoms with Crippen LogP contribution in [0.25, 0.3) is 0 Å². The zero-order chi connectivity index (χ0) is 30.1. The molecule has 0 aliphatic heterocycles. The van der Waals surface area contributed by atoms with E-state index in [1.165, 1.54) is 23.8 Å². The first-order valence-electron chi connectivity index (χ1n) is 15.1. The van der Waals surface area contributed by atoms with E-state index in [0.717, 1.165) is 68.5 Å². The third kappa shape index (κ3) is 8.45. The molecule has 4 rings (SSSR count). The highest BCUT2D eigenvalue weighted by Crippen LogP contribution is 2.36. The summed E-state index contributed by atoms with van der Waals surface area (Å²) in [5.74, 6) is -0.163. The lowest BCUT2D eigenvalue weighted by atomic mass is 9.85. The Morgan fingerprint density at radius 2 is 1.74 bits per heavy atom. The van der Waals surface area contributed by atoms with Gasteiger partial charge in [0.05, 0.1) is 12.7 Å². The number of unbranched alkanes of at least 4 members (excludes halogenated alkanes) is 1. The number of esters is 1. The number of carboxylic acid groups (broad SMARTS) is 1. The number of hydrogen-bond acceptors (Lipinski definition) is 5. The van der Waals surface area contributed by atoms with Crippen molar-refractivity contribution in [2.45, 2.75) is 83.8 Å². The fourth-order valence-electron chi connectivity index (χ4n) is 5.79. The summed E-state index contributed by atoms with van der Waals surface area (Å²) in [6, 6.07) is 22.7. The van der Waals surface area contributed by atoms with Gasteiger partial charge in [0, 0.05) is 19.0 Å². The Labute approximate surface area is 250 Å². The van der Waals surface area contributed by atoms with Gasteiger partial charge >= 0.3 is 11.9 Å². The minimum Gasteiger partial charge on any atom is -0.489 e. The topological polar surface area (TPSA) is 76.1 Å². The van der Waals surface area contributed by atoms with E-state index in [1.807, 2.05) is 24.3 Å². The number of carbonyl (C=O) groups excluding carboxylic acids is 1. The molecule has 0 heterocycles. The van der Waals surface area contributed by atoms with Crippen LogP contribution in [-0.2, 0) is 34.4 Å². The lowest BCUT2D eigenvalue weighted by Gasteiger charge is -2.36. The van der Waals surface area contributed by atoms with Crippen molar-refractivity contribution in [2.24, 2.45) is 0 Å². The van der Waals surface area contributed by atoms with E-state index in [0.29, 0.717) is 18.6 Å². The van der Waals surface area contributed by atoms with Gasteiger partial charge in [-0.3, -0.25) is 9.69 Å². The van der Waals surface area contributed by atoms with Crippen LogP contribution < -0.4 is 4.74 Å². The Morgan fingerprint density at radius 1 is 0.976 bits per heavy atom. The van der Waals surface area contributed by atoms with Crippen LogP contribution in [0.4, 0.5) is 0 Å². The van der Waals surface area contributed by atoms with Gasteiger partial charge in [-0.1, -0.05) is 69.3 Å². The number of benzene rings is 3. The summed E-state index contributed by atoms with van der Waals surface area (Å²) in [6.07, 6.45) is 5.85. The van der Waals surface area contributed by atoms with Crippen LogP contribution in [0.2, 0.25) is 0 Å². The van der Waals surface area contributed by atoms with Crippen LogP contribution in [-0.4, -0.2) is 42.1 Å². The van der Waals surface area contributed by atoms with Crippen LogP contribution in [0.1, 0.15) is 97.1 Å². The Balaban J connectivity index is 1.47. The molecule has 1 aliphatic rings. The fraction of sp³-hybridized carbons (Fsp3) is 0.444. The monoisotopic (exact) mass is 571 g/mol. The van der Waals surface area contributed by atoms with Crippen LogP contribution in [0.5, 0.6) is 5.75 Å². The minimum atomic E-state index is -0.888. The summed E-state index contributed by atoms with van der Waals surface area (Å²) in [5.41, 5.74) is 6.44. The predicted molar refractivity (Wildman–Crippen MR) is 166 cm³/mol. The van der Waals surface area contributed by atoms with Gasteiger partial charge in [-0.25, -0.2) is 4.79 Å². The van der Waals surface area contributed by atoms with E-state index in [9.17, 15) is 14.7 Å². The fourth-order valence-corrected chi connectivity index (χ4v) is 5.79. The van der Waals surface area contributed by atoms with Crippen LogP contribution >= 0.6 is 0 Å². The molecule has 224 valence electrons. The van der Waals surface area contributed by atoms with Crippen molar-refractivity contribution >= 4 is 11.9 Å². The molecule has 1 atom stereocenters. The number of rotatable bonds is 13. The van der Waals surface area contributed by atoms with Crippen molar-refractivity contribution in [1.82, 2.24) is 4.90 Å². The summed E-state index contributed by atoms with van der Waals surface area (Å²) in [5, 5.41) is 9.51. The number of methoxy groups -OCH3 is 1. The van der Waals surface area contributed by atoms with E-state index in [1.54, 1.807) is 6.07 Å². The molecule has 0 radical (unpaired) electrons. The van der Waals surface area contributed by atoms with E-state index in [2.05, 4.69) is 62.1 Å². The van der Waals surface area contributed by atoms with Crippen molar-refractivity contribution in [2.75, 3.05) is 20.2 Å². The van der Waals surface area contributed by atoms with E-state index in [4.69, 9.17) is 9.47 Å². The average Bonchev–Trinajstić information content (AvgIpc) is 2.99. The van der Waals surface area contributed by atoms with Crippen molar-refractivity contribution in [3.05, 3.63) is 100 Å². The molecule has 1 unspecified atom stereocenters. The predicted octanol–water partition coefficient (Wildman–Crippen LogP) is 7.53. The van der Waals surface area contributed by atoms with Gasteiger partial charge in [-0.05, 0) is 96.5 Å². The standard InChI is InChI=1S/C36H45NO5/c1-36(2,3)30-18-15-26(16-19-30)25-42-33-13-6-5-10-27(33)21-23-37(22-8-7-14-34(38)41-4)32-12-9-11-28-24-29(35(39)40)17-20-31(28)32/h5-6,10,13,15-20,24,32H,7-9,11-12,14,21-23,25H2,1-4H3,(H,39,40). The van der Waals surface area contributed by atoms with Gasteiger partial charge in [0.25, 0.3) is 0 Å². The van der Waals surface area contributed by atoms with Crippen molar-refractivity contribution in [3.8, 4) is 5.75 Å². The van der Waals surface area contributed by atoms with Gasteiger partial charge < -0.3 is 14.6 Å². The minimum absolute atomic E-state index is 0.120. The first-order chi connectivity index (χ1) is 20.2. The van der Waals surface area contributed by atoms with Crippen LogP contribution in [0, 0.1) is 0 Å². The Bertz CT molecular complexity index is 1340. The normalized spacial score (nSPS) is 14.8. The summed E-state index contributed by atoms with van der Waals surface area (Å²) < 4.78 is 11.2. The number of nitrogens with zero attached hydrogens (tertiary/aromatic N) is 1. The number of carbonyl (C=O) groups is 2. The second-order valence-corrected chi connectivity index (χ2v) is 12.3. The van der Waals surface area contributed by atoms with Crippen molar-refractivity contribution < 1.29 is 24.2 Å². The maximum Gasteiger partial charge on any atom is 0.335 e. The summed E-state index contributed by atoms with van der Waals surface area (Å²) in [7, 11) is 1.43. The van der Waals surface area contributed by atoms with Crippen molar-refractivity contribution in [3.63, 3.8) is 0 Å². The number of para-hydroxylation sites is 1. The zero-order valence-electron chi connectivity index (χ0n) is 25.5. The van der Waals surface area contributed by atoms with E-state index >= 15 is 0 Å². The first-order valence-corrected chi connectivity index (χ1v) is 15.1. The van der Waals surface area contributed by atoms with E-state index < -0.39 is 5.97 Å². The molecule has 6 heteroatoms. The van der Waals surface area contributed by atoms with Gasteiger partial charge in [0.2, 0.25) is 0 Å². The molecule has 1 N–H and O–H groups in total. The molecule has 0 bridgehead atoms. The summed E-state index contributed by atoms with van der Waals surface area (Å²) in [4.78, 5) is 25.8. The maximum absolute atomic E-state index is 11.7. The number of fused-ring (bicyclic) bond motifs is 1. The number of hydrogen-bond donors (Lipinski definition) is 1. The molecule has 0 saturated heterocycles. The molecule has 0 amide bonds. The van der Waals surface area contributed by atoms with Gasteiger partial charge in [0.1, 0.15) is 12.4 Å². The average molecular weight is 572 g/mol. The van der Waals surface area contributed by atoms with E-state index in [-0.39, 0.29) is 17.4 Å².